The van der Waals surface area contributed by atoms with Crippen LogP contribution >= 0.6 is 0 Å². The van der Waals surface area contributed by atoms with Crippen molar-refractivity contribution < 1.29 is 79.8 Å². The standard InChI is InChI=1S/C30H58N6O16/c1-31-9-23(44)33(2)12-22(43)32-17(30(51)35(4)13-24(45)34(3)14-25(46)52-5)7-6-8-36(10-18(39)26(47)28(49)20(41)15-37)11-19(40)27(48)29(50)21(42)16-38/h17-21,26-29,31,37-42,47-50H,6-16H2,1-5H3,(H,32,43)/t17?,18-,19-,20+,21+,26+,27+,28+,29+/m0/s1. The average Bonchev–Trinajstić information content (AvgIpc) is 3.11. The summed E-state index contributed by atoms with van der Waals surface area (Å²) >= 11 is 0. The van der Waals surface area contributed by atoms with Gasteiger partial charge in [-0.1, -0.05) is 0 Å². The molecule has 304 valence electrons. The van der Waals surface area contributed by atoms with E-state index in [2.05, 4.69) is 15.4 Å². The first-order valence-electron chi connectivity index (χ1n) is 16.4. The molecule has 4 amide bonds. The quantitative estimate of drug-likeness (QED) is 0.0364. The van der Waals surface area contributed by atoms with Gasteiger partial charge in [0.15, 0.2) is 0 Å². The Hall–Kier alpha value is -3.13. The van der Waals surface area contributed by atoms with Crippen molar-refractivity contribution in [2.75, 3.05) is 94.3 Å². The Morgan fingerprint density at radius 3 is 1.56 bits per heavy atom. The number of ether oxygens (including phenoxy) is 1. The summed E-state index contributed by atoms with van der Waals surface area (Å²) in [5, 5.41) is 105. The van der Waals surface area contributed by atoms with Gasteiger partial charge in [-0.2, -0.15) is 0 Å². The highest BCUT2D eigenvalue weighted by Gasteiger charge is 2.35. The normalized spacial score (nSPS) is 16.8. The smallest absolute Gasteiger partial charge is 0.325 e. The second-order valence-electron chi connectivity index (χ2n) is 12.4. The molecule has 0 aliphatic rings. The first-order valence-corrected chi connectivity index (χ1v) is 16.4. The molecule has 0 saturated heterocycles. The fourth-order valence-corrected chi connectivity index (χ4v) is 4.75. The number of esters is 1. The van der Waals surface area contributed by atoms with Crippen molar-refractivity contribution >= 4 is 29.6 Å². The summed E-state index contributed by atoms with van der Waals surface area (Å²) in [6, 6.07) is -1.32. The van der Waals surface area contributed by atoms with Crippen molar-refractivity contribution in [3.63, 3.8) is 0 Å². The van der Waals surface area contributed by atoms with Crippen molar-refractivity contribution in [2.24, 2.45) is 0 Å². The summed E-state index contributed by atoms with van der Waals surface area (Å²) in [7, 11) is 6.61. The van der Waals surface area contributed by atoms with Gasteiger partial charge in [-0.3, -0.25) is 28.9 Å². The zero-order valence-electron chi connectivity index (χ0n) is 30.2. The number of carbonyl (C=O) groups excluding carboxylic acids is 5. The zero-order valence-corrected chi connectivity index (χ0v) is 30.2. The van der Waals surface area contributed by atoms with Crippen LogP contribution in [0.25, 0.3) is 0 Å². The summed E-state index contributed by atoms with van der Waals surface area (Å²) in [6.07, 6.45) is -15.6. The fraction of sp³-hybridized carbons (Fsp3) is 0.833. The number of hydrogen-bond donors (Lipinski definition) is 12. The molecule has 22 nitrogen and oxygen atoms in total. The van der Waals surface area contributed by atoms with Gasteiger partial charge in [0.1, 0.15) is 49.2 Å². The molecule has 0 rings (SSSR count). The molecule has 9 atom stereocenters. The second-order valence-corrected chi connectivity index (χ2v) is 12.4. The summed E-state index contributed by atoms with van der Waals surface area (Å²) in [6.45, 7) is -4.63. The summed E-state index contributed by atoms with van der Waals surface area (Å²) in [5.41, 5.74) is 0. The van der Waals surface area contributed by atoms with E-state index in [9.17, 15) is 64.8 Å². The third-order valence-electron chi connectivity index (χ3n) is 8.04. The molecule has 0 radical (unpaired) electrons. The number of carbonyl (C=O) groups is 5. The molecule has 52 heavy (non-hydrogen) atoms. The van der Waals surface area contributed by atoms with Crippen LogP contribution in [0.1, 0.15) is 12.8 Å². The van der Waals surface area contributed by atoms with E-state index in [1.165, 1.54) is 33.1 Å². The number of aliphatic hydroxyl groups excluding tert-OH is 10. The second kappa shape index (κ2) is 25.0. The number of hydrogen-bond acceptors (Lipinski definition) is 18. The molecule has 0 aliphatic carbocycles. The molecule has 0 spiro atoms. The highest BCUT2D eigenvalue weighted by Crippen LogP contribution is 2.13. The van der Waals surface area contributed by atoms with Gasteiger partial charge in [-0.25, -0.2) is 0 Å². The molecule has 0 heterocycles. The first kappa shape index (κ1) is 48.9. The molecule has 0 bridgehead atoms. The minimum Gasteiger partial charge on any atom is -0.468 e. The van der Waals surface area contributed by atoms with Crippen molar-refractivity contribution in [1.29, 1.82) is 0 Å². The number of nitrogens with zero attached hydrogens (tertiary/aromatic N) is 4. The minimum atomic E-state index is -2.02. The van der Waals surface area contributed by atoms with Gasteiger partial charge in [-0.05, 0) is 26.4 Å². The van der Waals surface area contributed by atoms with E-state index in [1.54, 1.807) is 0 Å². The molecule has 0 aliphatic heterocycles. The molecule has 0 fully saturated rings. The van der Waals surface area contributed by atoms with E-state index >= 15 is 0 Å². The fourth-order valence-electron chi connectivity index (χ4n) is 4.75. The molecular formula is C30H58N6O16. The van der Waals surface area contributed by atoms with Gasteiger partial charge in [0, 0.05) is 34.2 Å². The van der Waals surface area contributed by atoms with Crippen molar-refractivity contribution in [1.82, 2.24) is 30.2 Å². The molecule has 0 aromatic rings. The maximum Gasteiger partial charge on any atom is 0.325 e. The molecule has 0 aromatic heterocycles. The summed E-state index contributed by atoms with van der Waals surface area (Å²) < 4.78 is 4.54. The third-order valence-corrected chi connectivity index (χ3v) is 8.04. The molecule has 12 N–H and O–H groups in total. The Morgan fingerprint density at radius 2 is 1.12 bits per heavy atom. The molecule has 0 aromatic carbocycles. The Kier molecular flexibility index (Phi) is 23.5. The monoisotopic (exact) mass is 758 g/mol. The van der Waals surface area contributed by atoms with Crippen molar-refractivity contribution in [3.05, 3.63) is 0 Å². The van der Waals surface area contributed by atoms with Crippen molar-refractivity contribution in [3.8, 4) is 0 Å². The number of nitrogens with one attached hydrogen (secondary N) is 2. The van der Waals surface area contributed by atoms with E-state index < -0.39 is 130 Å². The van der Waals surface area contributed by atoms with E-state index in [-0.39, 0.29) is 25.9 Å². The molecular weight excluding hydrogens is 700 g/mol. The van der Waals surface area contributed by atoms with Crippen LogP contribution in [0.15, 0.2) is 0 Å². The van der Waals surface area contributed by atoms with Crippen LogP contribution < -0.4 is 10.6 Å². The predicted octanol–water partition coefficient (Wildman–Crippen LogP) is -8.81. The SMILES string of the molecule is CNCC(=O)N(C)CC(=O)NC(CCCN(C[C@H](O)[C@@H](O)[C@H](O)[C@H](O)CO)C[C@H](O)[C@@H](O)[C@H](O)[C@H](O)CO)C(=O)N(C)CC(=O)N(C)CC(=O)OC. The van der Waals surface area contributed by atoms with Crippen molar-refractivity contribution in [2.45, 2.75) is 67.7 Å². The number of likely N-dealkylation sites (N-methyl/N-ethyl adjacent to an activating group) is 4. The Bertz CT molecular complexity index is 1080. The lowest BCUT2D eigenvalue weighted by Gasteiger charge is -2.34. The van der Waals surface area contributed by atoms with Gasteiger partial charge in [0.2, 0.25) is 23.6 Å². The average molecular weight is 759 g/mol. The highest BCUT2D eigenvalue weighted by atomic mass is 16.5. The number of amides is 4. The van der Waals surface area contributed by atoms with Crippen LogP contribution in [0.5, 0.6) is 0 Å². The number of rotatable bonds is 26. The highest BCUT2D eigenvalue weighted by molar-refractivity contribution is 5.92. The Morgan fingerprint density at radius 1 is 0.654 bits per heavy atom. The van der Waals surface area contributed by atoms with Crippen LogP contribution in [0, 0.1) is 0 Å². The minimum absolute atomic E-state index is 0.0372. The lowest BCUT2D eigenvalue weighted by atomic mass is 10.0. The number of aliphatic hydroxyl groups is 10. The molecule has 22 heteroatoms. The molecule has 1 unspecified atom stereocenters. The zero-order chi connectivity index (χ0) is 40.3. The van der Waals surface area contributed by atoms with Crippen LogP contribution in [-0.4, -0.2) is 249 Å². The van der Waals surface area contributed by atoms with Gasteiger partial charge >= 0.3 is 5.97 Å². The topological polar surface area (TPSA) is 334 Å². The lowest BCUT2D eigenvalue weighted by molar-refractivity contribution is -0.147. The van der Waals surface area contributed by atoms with Crippen LogP contribution in [0.2, 0.25) is 0 Å². The maximum absolute atomic E-state index is 13.5. The largest absolute Gasteiger partial charge is 0.468 e. The van der Waals surface area contributed by atoms with Gasteiger partial charge in [0.25, 0.3) is 0 Å². The van der Waals surface area contributed by atoms with Gasteiger partial charge in [0.05, 0.1) is 52.2 Å². The maximum atomic E-state index is 13.5. The Balaban J connectivity index is 6.15. The predicted molar refractivity (Wildman–Crippen MR) is 179 cm³/mol. The van der Waals surface area contributed by atoms with Gasteiger partial charge in [-0.15, -0.1) is 0 Å². The van der Waals surface area contributed by atoms with E-state index in [4.69, 9.17) is 10.2 Å². The summed E-state index contributed by atoms with van der Waals surface area (Å²) in [4.78, 5) is 67.2. The van der Waals surface area contributed by atoms with E-state index in [1.807, 2.05) is 0 Å². The molecule has 0 saturated carbocycles. The first-order chi connectivity index (χ1) is 24.2. The lowest BCUT2D eigenvalue weighted by Crippen LogP contribution is -2.54. The van der Waals surface area contributed by atoms with E-state index in [0.29, 0.717) is 0 Å². The number of methoxy groups -OCH3 is 1. The van der Waals surface area contributed by atoms with Crippen LogP contribution in [0.3, 0.4) is 0 Å². The summed E-state index contributed by atoms with van der Waals surface area (Å²) in [5.74, 6) is -3.27. The van der Waals surface area contributed by atoms with Crippen LogP contribution in [0.4, 0.5) is 0 Å². The van der Waals surface area contributed by atoms with E-state index in [0.717, 1.165) is 21.8 Å². The third kappa shape index (κ3) is 17.1. The van der Waals surface area contributed by atoms with Crippen LogP contribution in [-0.2, 0) is 28.7 Å². The van der Waals surface area contributed by atoms with Gasteiger partial charge < -0.3 is 81.1 Å². The Labute approximate surface area is 301 Å².